The van der Waals surface area contributed by atoms with Gasteiger partial charge in [0.2, 0.25) is 0 Å². The van der Waals surface area contributed by atoms with E-state index in [1.165, 1.54) is 0 Å². The number of para-hydroxylation sites is 2. The monoisotopic (exact) mass is 206 g/mol. The second-order valence-electron chi connectivity index (χ2n) is 3.52. The van der Waals surface area contributed by atoms with Crippen LogP contribution in [0.5, 0.6) is 0 Å². The average Bonchev–Trinajstić information content (AvgIpc) is 2.55. The summed E-state index contributed by atoms with van der Waals surface area (Å²) in [7, 11) is 0. The van der Waals surface area contributed by atoms with Crippen molar-refractivity contribution in [3.05, 3.63) is 24.3 Å². The molecule has 3 nitrogen and oxygen atoms in total. The zero-order valence-corrected chi connectivity index (χ0v) is 8.45. The van der Waals surface area contributed by atoms with Gasteiger partial charge in [-0.05, 0) is 12.1 Å². The van der Waals surface area contributed by atoms with Gasteiger partial charge >= 0.3 is 0 Å². The van der Waals surface area contributed by atoms with Crippen molar-refractivity contribution in [3.63, 3.8) is 0 Å². The van der Waals surface area contributed by atoms with Crippen LogP contribution in [0.1, 0.15) is 0 Å². The maximum Gasteiger partial charge on any atom is 0.298 e. The lowest BCUT2D eigenvalue weighted by molar-refractivity contribution is 0.519. The minimum Gasteiger partial charge on any atom is -0.423 e. The van der Waals surface area contributed by atoms with Crippen LogP contribution >= 0.6 is 12.6 Å². The van der Waals surface area contributed by atoms with E-state index in [2.05, 4.69) is 22.5 Å². The van der Waals surface area contributed by atoms with Gasteiger partial charge in [0.1, 0.15) is 5.52 Å². The molecule has 0 saturated carbocycles. The van der Waals surface area contributed by atoms with Gasteiger partial charge in [0.05, 0.1) is 0 Å². The third-order valence-electron chi connectivity index (χ3n) is 2.42. The maximum atomic E-state index is 5.60. The zero-order chi connectivity index (χ0) is 9.54. The Hall–Kier alpha value is -1.16. The molecule has 0 amide bonds. The van der Waals surface area contributed by atoms with Crippen LogP contribution in [0.25, 0.3) is 11.1 Å². The number of rotatable bonds is 1. The molecule has 1 aromatic carbocycles. The number of fused-ring (bicyclic) bond motifs is 1. The molecule has 1 saturated heterocycles. The molecule has 2 heterocycles. The van der Waals surface area contributed by atoms with Crippen LogP contribution in [0.15, 0.2) is 28.7 Å². The van der Waals surface area contributed by atoms with Crippen LogP contribution in [0, 0.1) is 0 Å². The van der Waals surface area contributed by atoms with Gasteiger partial charge in [-0.15, -0.1) is 0 Å². The number of hydrogen-bond acceptors (Lipinski definition) is 4. The molecule has 0 spiro atoms. The Morgan fingerprint density at radius 3 is 2.86 bits per heavy atom. The molecule has 1 aromatic heterocycles. The number of oxazole rings is 1. The first-order chi connectivity index (χ1) is 6.83. The van der Waals surface area contributed by atoms with E-state index >= 15 is 0 Å². The molecule has 72 valence electrons. The lowest BCUT2D eigenvalue weighted by Gasteiger charge is -2.34. The van der Waals surface area contributed by atoms with Gasteiger partial charge in [-0.1, -0.05) is 12.1 Å². The maximum absolute atomic E-state index is 5.60. The summed E-state index contributed by atoms with van der Waals surface area (Å²) >= 11 is 4.35. The quantitative estimate of drug-likeness (QED) is 0.723. The largest absolute Gasteiger partial charge is 0.423 e. The van der Waals surface area contributed by atoms with Gasteiger partial charge in [0.25, 0.3) is 6.01 Å². The average molecular weight is 206 g/mol. The van der Waals surface area contributed by atoms with Gasteiger partial charge in [-0.3, -0.25) is 0 Å². The predicted molar refractivity (Wildman–Crippen MR) is 59.0 cm³/mol. The summed E-state index contributed by atoms with van der Waals surface area (Å²) in [6, 6.07) is 8.53. The molecular formula is C10H10N2OS. The molecule has 1 fully saturated rings. The molecule has 4 heteroatoms. The van der Waals surface area contributed by atoms with Crippen molar-refractivity contribution in [1.29, 1.82) is 0 Å². The number of aromatic nitrogens is 1. The topological polar surface area (TPSA) is 29.3 Å². The highest BCUT2D eigenvalue weighted by Crippen LogP contribution is 2.26. The Morgan fingerprint density at radius 2 is 2.14 bits per heavy atom. The third-order valence-corrected chi connectivity index (χ3v) is 2.74. The van der Waals surface area contributed by atoms with Crippen molar-refractivity contribution >= 4 is 29.7 Å². The highest BCUT2D eigenvalue weighted by Gasteiger charge is 2.27. The zero-order valence-electron chi connectivity index (χ0n) is 7.55. The number of benzene rings is 1. The van der Waals surface area contributed by atoms with Crippen molar-refractivity contribution in [2.45, 2.75) is 5.25 Å². The fraction of sp³-hybridized carbons (Fsp3) is 0.300. The SMILES string of the molecule is SC1CN(c2nc3ccccc3o2)C1. The van der Waals surface area contributed by atoms with E-state index in [4.69, 9.17) is 4.42 Å². The molecule has 0 unspecified atom stereocenters. The molecule has 14 heavy (non-hydrogen) atoms. The van der Waals surface area contributed by atoms with E-state index in [9.17, 15) is 0 Å². The summed E-state index contributed by atoms with van der Waals surface area (Å²) in [6.45, 7) is 1.85. The van der Waals surface area contributed by atoms with Crippen molar-refractivity contribution in [2.24, 2.45) is 0 Å². The van der Waals surface area contributed by atoms with Crippen LogP contribution in [-0.2, 0) is 0 Å². The van der Waals surface area contributed by atoms with Crippen LogP contribution < -0.4 is 4.90 Å². The Kier molecular flexibility index (Phi) is 1.70. The summed E-state index contributed by atoms with van der Waals surface area (Å²) in [5.74, 6) is 0. The highest BCUT2D eigenvalue weighted by atomic mass is 32.1. The summed E-state index contributed by atoms with van der Waals surface area (Å²) in [5, 5.41) is 0.463. The summed E-state index contributed by atoms with van der Waals surface area (Å²) in [5.41, 5.74) is 1.77. The lowest BCUT2D eigenvalue weighted by Crippen LogP contribution is -2.48. The molecular weight excluding hydrogens is 196 g/mol. The molecule has 0 bridgehead atoms. The molecule has 0 atom stereocenters. The number of anilines is 1. The van der Waals surface area contributed by atoms with Gasteiger partial charge in [-0.25, -0.2) is 0 Å². The van der Waals surface area contributed by atoms with Crippen molar-refractivity contribution in [3.8, 4) is 0 Å². The van der Waals surface area contributed by atoms with E-state index < -0.39 is 0 Å². The first kappa shape index (κ1) is 8.17. The predicted octanol–water partition coefficient (Wildman–Crippen LogP) is 1.95. The van der Waals surface area contributed by atoms with Crippen LogP contribution in [-0.4, -0.2) is 23.3 Å². The van der Waals surface area contributed by atoms with Gasteiger partial charge in [0.15, 0.2) is 5.58 Å². The normalized spacial score (nSPS) is 17.4. The molecule has 0 N–H and O–H groups in total. The van der Waals surface area contributed by atoms with E-state index in [1.807, 2.05) is 24.3 Å². The number of thiol groups is 1. The van der Waals surface area contributed by atoms with Crippen LogP contribution in [0.2, 0.25) is 0 Å². The lowest BCUT2D eigenvalue weighted by atomic mass is 10.2. The number of nitrogens with zero attached hydrogens (tertiary/aromatic N) is 2. The van der Waals surface area contributed by atoms with Crippen LogP contribution in [0.3, 0.4) is 0 Å². The fourth-order valence-electron chi connectivity index (χ4n) is 1.61. The van der Waals surface area contributed by atoms with E-state index in [1.54, 1.807) is 0 Å². The summed E-state index contributed by atoms with van der Waals surface area (Å²) in [6.07, 6.45) is 0. The second kappa shape index (κ2) is 2.92. The molecule has 0 aliphatic carbocycles. The minimum atomic E-state index is 0.463. The molecule has 1 aliphatic heterocycles. The van der Waals surface area contributed by atoms with Crippen LogP contribution in [0.4, 0.5) is 6.01 Å². The molecule has 1 aliphatic rings. The third kappa shape index (κ3) is 1.18. The minimum absolute atomic E-state index is 0.463. The standard InChI is InChI=1S/C10H10N2OS/c14-7-5-12(6-7)10-11-8-3-1-2-4-9(8)13-10/h1-4,7,14H,5-6H2. The highest BCUT2D eigenvalue weighted by molar-refractivity contribution is 7.81. The van der Waals surface area contributed by atoms with E-state index in [-0.39, 0.29) is 0 Å². The Labute approximate surface area is 87.1 Å². The summed E-state index contributed by atoms with van der Waals surface area (Å²) < 4.78 is 5.60. The molecule has 0 radical (unpaired) electrons. The Balaban J connectivity index is 1.99. The molecule has 3 rings (SSSR count). The first-order valence-corrected chi connectivity index (χ1v) is 5.13. The van der Waals surface area contributed by atoms with Crippen molar-refractivity contribution in [1.82, 2.24) is 4.98 Å². The number of hydrogen-bond donors (Lipinski definition) is 1. The van der Waals surface area contributed by atoms with Gasteiger partial charge < -0.3 is 9.32 Å². The van der Waals surface area contributed by atoms with Gasteiger partial charge in [0, 0.05) is 18.3 Å². The second-order valence-corrected chi connectivity index (χ2v) is 4.25. The Bertz CT molecular complexity index is 429. The van der Waals surface area contributed by atoms with E-state index in [0.29, 0.717) is 5.25 Å². The van der Waals surface area contributed by atoms with Crippen molar-refractivity contribution in [2.75, 3.05) is 18.0 Å². The Morgan fingerprint density at radius 1 is 1.36 bits per heavy atom. The smallest absolute Gasteiger partial charge is 0.298 e. The van der Waals surface area contributed by atoms with E-state index in [0.717, 1.165) is 30.2 Å². The fourth-order valence-corrected chi connectivity index (χ4v) is 2.00. The van der Waals surface area contributed by atoms with Gasteiger partial charge in [-0.2, -0.15) is 17.6 Å². The summed E-state index contributed by atoms with van der Waals surface area (Å²) in [4.78, 5) is 6.49. The molecule has 2 aromatic rings. The first-order valence-electron chi connectivity index (χ1n) is 4.61. The van der Waals surface area contributed by atoms with Crippen molar-refractivity contribution < 1.29 is 4.42 Å².